The lowest BCUT2D eigenvalue weighted by Gasteiger charge is -2.32. The summed E-state index contributed by atoms with van der Waals surface area (Å²) in [4.78, 5) is 9.26. The molecular weight excluding hydrogens is 361 g/mol. The molecular formula is C24H24N3P. The Morgan fingerprint density at radius 3 is 1.29 bits per heavy atom. The van der Waals surface area contributed by atoms with E-state index in [0.717, 1.165) is 11.6 Å². The van der Waals surface area contributed by atoms with Crippen LogP contribution in [0.4, 0.5) is 11.6 Å². The molecule has 4 aromatic rings. The van der Waals surface area contributed by atoms with Gasteiger partial charge in [0.15, 0.2) is 0 Å². The predicted octanol–water partition coefficient (Wildman–Crippen LogP) is 5.69. The number of hydrogen-bond donors (Lipinski definition) is 0. The predicted molar refractivity (Wildman–Crippen MR) is 121 cm³/mol. The highest BCUT2D eigenvalue weighted by molar-refractivity contribution is 7.74. The minimum absolute atomic E-state index is 0.859. The second-order valence-corrected chi connectivity index (χ2v) is 7.73. The summed E-state index contributed by atoms with van der Waals surface area (Å²) < 4.78 is 2.25. The van der Waals surface area contributed by atoms with Gasteiger partial charge in [0.2, 0.25) is 0 Å². The highest BCUT2D eigenvalue weighted by Crippen LogP contribution is 2.46. The van der Waals surface area contributed by atoms with Crippen LogP contribution in [0.1, 0.15) is 13.8 Å². The summed E-state index contributed by atoms with van der Waals surface area (Å²) in [5.74, 6) is 1.79. The largest absolute Gasteiger partial charge is 0.281 e. The average molecular weight is 385 g/mol. The molecule has 140 valence electrons. The molecule has 0 bridgehead atoms. The monoisotopic (exact) mass is 385 g/mol. The van der Waals surface area contributed by atoms with E-state index in [9.17, 15) is 0 Å². The molecule has 0 atom stereocenters. The fourth-order valence-corrected chi connectivity index (χ4v) is 5.11. The molecule has 0 aliphatic heterocycles. The third-order valence-corrected chi connectivity index (χ3v) is 6.32. The van der Waals surface area contributed by atoms with Gasteiger partial charge in [-0.15, -0.1) is 0 Å². The standard InChI is InChI=1S/C22H18N3P.C2H6/c1-3-11-19(12-4-1)26(20-13-5-2-6-14-20)25(21-15-7-9-17-23-21)22-16-8-10-18-24-22;1-2/h1-18H;1-2H3. The van der Waals surface area contributed by atoms with E-state index in [1.54, 1.807) is 0 Å². The molecule has 2 aromatic heterocycles. The topological polar surface area (TPSA) is 29.0 Å². The molecule has 2 aromatic carbocycles. The summed E-state index contributed by atoms with van der Waals surface area (Å²) >= 11 is 0. The van der Waals surface area contributed by atoms with Crippen molar-refractivity contribution in [3.8, 4) is 0 Å². The molecule has 4 rings (SSSR count). The summed E-state index contributed by atoms with van der Waals surface area (Å²) in [6, 6.07) is 33.1. The number of nitrogens with zero attached hydrogens (tertiary/aromatic N) is 3. The molecule has 0 spiro atoms. The van der Waals surface area contributed by atoms with Gasteiger partial charge in [-0.05, 0) is 24.3 Å². The van der Waals surface area contributed by atoms with Gasteiger partial charge >= 0.3 is 0 Å². The molecule has 28 heavy (non-hydrogen) atoms. The Morgan fingerprint density at radius 2 is 0.929 bits per heavy atom. The number of pyridine rings is 2. The Hall–Kier alpha value is -3.03. The molecule has 4 heteroatoms. The van der Waals surface area contributed by atoms with Gasteiger partial charge in [-0.3, -0.25) is 4.67 Å². The van der Waals surface area contributed by atoms with Crippen molar-refractivity contribution in [2.45, 2.75) is 13.8 Å². The van der Waals surface area contributed by atoms with Crippen molar-refractivity contribution >= 4 is 30.3 Å². The fraction of sp³-hybridized carbons (Fsp3) is 0.0833. The first-order valence-corrected chi connectivity index (χ1v) is 10.8. The third kappa shape index (κ3) is 4.62. The van der Waals surface area contributed by atoms with Crippen molar-refractivity contribution in [1.82, 2.24) is 9.97 Å². The van der Waals surface area contributed by atoms with Crippen molar-refractivity contribution in [1.29, 1.82) is 0 Å². The van der Waals surface area contributed by atoms with E-state index in [2.05, 4.69) is 63.2 Å². The number of hydrogen-bond acceptors (Lipinski definition) is 3. The van der Waals surface area contributed by atoms with Gasteiger partial charge in [-0.1, -0.05) is 86.6 Å². The zero-order chi connectivity index (χ0) is 19.6. The molecule has 0 aliphatic rings. The Kier molecular flexibility index (Phi) is 7.29. The zero-order valence-corrected chi connectivity index (χ0v) is 17.1. The third-order valence-electron chi connectivity index (χ3n) is 3.93. The second-order valence-electron chi connectivity index (χ2n) is 5.67. The van der Waals surface area contributed by atoms with E-state index in [4.69, 9.17) is 0 Å². The van der Waals surface area contributed by atoms with Crippen molar-refractivity contribution in [2.75, 3.05) is 4.67 Å². The average Bonchev–Trinajstić information content (AvgIpc) is 2.81. The fourth-order valence-electron chi connectivity index (χ4n) is 2.80. The van der Waals surface area contributed by atoms with Crippen LogP contribution in [0.25, 0.3) is 0 Å². The van der Waals surface area contributed by atoms with E-state index >= 15 is 0 Å². The van der Waals surface area contributed by atoms with E-state index in [0.29, 0.717) is 0 Å². The van der Waals surface area contributed by atoms with E-state index in [-0.39, 0.29) is 0 Å². The van der Waals surface area contributed by atoms with Crippen LogP contribution in [0.15, 0.2) is 109 Å². The van der Waals surface area contributed by atoms with Gasteiger partial charge in [0.05, 0.1) is 8.07 Å². The molecule has 0 saturated carbocycles. The first kappa shape index (κ1) is 19.7. The SMILES string of the molecule is CC.c1ccc(P(c2ccccc2)N(c2ccccn2)c2ccccn2)cc1. The summed E-state index contributed by atoms with van der Waals surface area (Å²) in [6.07, 6.45) is 3.66. The highest BCUT2D eigenvalue weighted by Gasteiger charge is 2.26. The van der Waals surface area contributed by atoms with Crippen LogP contribution in [0.5, 0.6) is 0 Å². The first-order chi connectivity index (χ1) is 13.9. The number of benzene rings is 2. The van der Waals surface area contributed by atoms with Gasteiger partial charge in [0, 0.05) is 23.0 Å². The Bertz CT molecular complexity index is 772. The molecule has 0 aliphatic carbocycles. The molecule has 2 heterocycles. The first-order valence-electron chi connectivity index (χ1n) is 9.46. The van der Waals surface area contributed by atoms with Crippen LogP contribution in [-0.2, 0) is 0 Å². The number of rotatable bonds is 5. The van der Waals surface area contributed by atoms with Crippen LogP contribution >= 0.6 is 8.07 Å². The second kappa shape index (κ2) is 10.3. The van der Waals surface area contributed by atoms with E-state index in [1.165, 1.54) is 10.6 Å². The van der Waals surface area contributed by atoms with E-state index < -0.39 is 8.07 Å². The molecule has 0 radical (unpaired) electrons. The van der Waals surface area contributed by atoms with Gasteiger partial charge in [0.25, 0.3) is 0 Å². The molecule has 0 N–H and O–H groups in total. The lowest BCUT2D eigenvalue weighted by atomic mass is 10.4. The maximum absolute atomic E-state index is 4.63. The maximum Gasteiger partial charge on any atom is 0.137 e. The number of anilines is 2. The van der Waals surface area contributed by atoms with Crippen molar-refractivity contribution < 1.29 is 0 Å². The Labute approximate surface area is 168 Å². The normalized spacial score (nSPS) is 10.1. The van der Waals surface area contributed by atoms with Crippen LogP contribution in [0, 0.1) is 0 Å². The van der Waals surface area contributed by atoms with Crippen molar-refractivity contribution in [2.24, 2.45) is 0 Å². The summed E-state index contributed by atoms with van der Waals surface area (Å²) in [5.41, 5.74) is 0. The minimum atomic E-state index is -0.859. The van der Waals surface area contributed by atoms with Gasteiger partial charge in [-0.25, -0.2) is 9.97 Å². The highest BCUT2D eigenvalue weighted by atomic mass is 31.1. The Balaban J connectivity index is 0.00000109. The van der Waals surface area contributed by atoms with Crippen LogP contribution in [0.2, 0.25) is 0 Å². The van der Waals surface area contributed by atoms with Crippen molar-refractivity contribution in [3.05, 3.63) is 109 Å². The summed E-state index contributed by atoms with van der Waals surface area (Å²) in [5, 5.41) is 2.51. The molecule has 0 saturated heterocycles. The summed E-state index contributed by atoms with van der Waals surface area (Å²) in [6.45, 7) is 4.00. The van der Waals surface area contributed by atoms with E-state index in [1.807, 2.05) is 74.8 Å². The minimum Gasteiger partial charge on any atom is -0.281 e. The quantitative estimate of drug-likeness (QED) is 0.413. The lowest BCUT2D eigenvalue weighted by Crippen LogP contribution is -2.26. The van der Waals surface area contributed by atoms with Gasteiger partial charge < -0.3 is 0 Å². The molecule has 0 unspecified atom stereocenters. The molecule has 3 nitrogen and oxygen atoms in total. The maximum atomic E-state index is 4.63. The molecule has 0 amide bonds. The van der Waals surface area contributed by atoms with Crippen molar-refractivity contribution in [3.63, 3.8) is 0 Å². The zero-order valence-electron chi connectivity index (χ0n) is 16.2. The van der Waals surface area contributed by atoms with Crippen LogP contribution < -0.4 is 15.3 Å². The van der Waals surface area contributed by atoms with Crippen LogP contribution in [0.3, 0.4) is 0 Å². The lowest BCUT2D eigenvalue weighted by molar-refractivity contribution is 1.19. The van der Waals surface area contributed by atoms with Gasteiger partial charge in [-0.2, -0.15) is 0 Å². The number of aromatic nitrogens is 2. The van der Waals surface area contributed by atoms with Crippen LogP contribution in [-0.4, -0.2) is 9.97 Å². The smallest absolute Gasteiger partial charge is 0.137 e. The summed E-state index contributed by atoms with van der Waals surface area (Å²) in [7, 11) is -0.859. The molecule has 0 fully saturated rings. The Morgan fingerprint density at radius 1 is 0.536 bits per heavy atom. The van der Waals surface area contributed by atoms with Gasteiger partial charge in [0.1, 0.15) is 11.6 Å².